The molecule has 0 N–H and O–H groups in total. The summed E-state index contributed by atoms with van der Waals surface area (Å²) >= 11 is 0. The summed E-state index contributed by atoms with van der Waals surface area (Å²) in [6.07, 6.45) is 0. The van der Waals surface area contributed by atoms with Crippen molar-refractivity contribution < 1.29 is 8.83 Å². The zero-order valence-corrected chi connectivity index (χ0v) is 22.2. The van der Waals surface area contributed by atoms with Crippen LogP contribution in [0.5, 0.6) is 0 Å². The van der Waals surface area contributed by atoms with Crippen LogP contribution in [-0.4, -0.2) is 19.9 Å². The summed E-state index contributed by atoms with van der Waals surface area (Å²) in [6, 6.07) is 40.1. The second-order valence-corrected chi connectivity index (χ2v) is 10.3. The average molecular weight is 541 g/mol. The molecule has 0 aliphatic carbocycles. The Morgan fingerprint density at radius 3 is 2.07 bits per heavy atom. The van der Waals surface area contributed by atoms with E-state index in [4.69, 9.17) is 28.8 Å². The van der Waals surface area contributed by atoms with Gasteiger partial charge in [-0.15, -0.1) is 0 Å². The molecule has 0 aliphatic rings. The van der Waals surface area contributed by atoms with E-state index in [1.54, 1.807) is 0 Å². The lowest BCUT2D eigenvalue weighted by Gasteiger charge is -2.09. The highest BCUT2D eigenvalue weighted by atomic mass is 16.3. The number of nitrogens with zero attached hydrogens (tertiary/aromatic N) is 4. The third kappa shape index (κ3) is 3.45. The third-order valence-corrected chi connectivity index (χ3v) is 7.73. The first-order chi connectivity index (χ1) is 20.8. The van der Waals surface area contributed by atoms with Crippen molar-refractivity contribution in [3.05, 3.63) is 121 Å². The lowest BCUT2D eigenvalue weighted by Crippen LogP contribution is -2.00. The van der Waals surface area contributed by atoms with E-state index in [-0.39, 0.29) is 0 Å². The van der Waals surface area contributed by atoms with Gasteiger partial charge in [-0.3, -0.25) is 0 Å². The first kappa shape index (κ1) is 22.9. The molecule has 0 fully saturated rings. The zero-order valence-electron chi connectivity index (χ0n) is 22.2. The van der Waals surface area contributed by atoms with E-state index in [1.165, 1.54) is 0 Å². The smallest absolute Gasteiger partial charge is 0.167 e. The predicted molar refractivity (Wildman–Crippen MR) is 166 cm³/mol. The van der Waals surface area contributed by atoms with E-state index in [9.17, 15) is 0 Å². The molecule has 196 valence electrons. The molecule has 6 heteroatoms. The van der Waals surface area contributed by atoms with Crippen LogP contribution in [0.4, 0.5) is 0 Å². The molecule has 9 rings (SSSR count). The fourth-order valence-corrected chi connectivity index (χ4v) is 5.78. The zero-order chi connectivity index (χ0) is 27.6. The van der Waals surface area contributed by atoms with Gasteiger partial charge in [-0.2, -0.15) is 0 Å². The molecule has 0 amide bonds. The molecule has 0 aliphatic heterocycles. The SMILES string of the molecule is c1ccc(-c2nc(-c3cccc4c3oc3ccccc34)nc(-c3cccc4oc5cc6ccccc6nc5c34)n2)cc1. The maximum absolute atomic E-state index is 6.36. The molecule has 0 saturated heterocycles. The van der Waals surface area contributed by atoms with Crippen molar-refractivity contribution in [3.63, 3.8) is 0 Å². The van der Waals surface area contributed by atoms with Crippen LogP contribution in [-0.2, 0) is 0 Å². The molecule has 0 bridgehead atoms. The highest BCUT2D eigenvalue weighted by Gasteiger charge is 2.21. The molecule has 0 unspecified atom stereocenters. The van der Waals surface area contributed by atoms with Crippen molar-refractivity contribution in [3.8, 4) is 34.2 Å². The van der Waals surface area contributed by atoms with Crippen LogP contribution in [0.15, 0.2) is 130 Å². The van der Waals surface area contributed by atoms with Gasteiger partial charge in [0.05, 0.1) is 16.5 Å². The Morgan fingerprint density at radius 2 is 1.14 bits per heavy atom. The summed E-state index contributed by atoms with van der Waals surface area (Å²) in [4.78, 5) is 20.0. The van der Waals surface area contributed by atoms with E-state index >= 15 is 0 Å². The topological polar surface area (TPSA) is 77.8 Å². The fraction of sp³-hybridized carbons (Fsp3) is 0. The van der Waals surface area contributed by atoms with Crippen LogP contribution >= 0.6 is 0 Å². The second kappa shape index (κ2) is 8.81. The Morgan fingerprint density at radius 1 is 0.452 bits per heavy atom. The summed E-state index contributed by atoms with van der Waals surface area (Å²) in [5.74, 6) is 1.65. The van der Waals surface area contributed by atoms with Gasteiger partial charge in [0.1, 0.15) is 22.3 Å². The fourth-order valence-electron chi connectivity index (χ4n) is 5.78. The first-order valence-electron chi connectivity index (χ1n) is 13.7. The van der Waals surface area contributed by atoms with Gasteiger partial charge in [-0.1, -0.05) is 91.0 Å². The maximum Gasteiger partial charge on any atom is 0.167 e. The molecular weight excluding hydrogens is 520 g/mol. The van der Waals surface area contributed by atoms with E-state index < -0.39 is 0 Å². The van der Waals surface area contributed by atoms with Crippen molar-refractivity contribution in [2.75, 3.05) is 0 Å². The molecule has 0 radical (unpaired) electrons. The Bertz CT molecular complexity index is 2480. The van der Waals surface area contributed by atoms with E-state index in [0.717, 1.165) is 71.6 Å². The number of furan rings is 2. The summed E-state index contributed by atoms with van der Waals surface area (Å²) in [7, 11) is 0. The Hall–Kier alpha value is -5.88. The van der Waals surface area contributed by atoms with E-state index in [0.29, 0.717) is 17.5 Å². The minimum atomic E-state index is 0.534. The average Bonchev–Trinajstić information content (AvgIpc) is 3.62. The number of aromatic nitrogens is 4. The number of hydrogen-bond donors (Lipinski definition) is 0. The minimum absolute atomic E-state index is 0.534. The molecule has 0 spiro atoms. The Kier molecular flexibility index (Phi) is 4.80. The number of rotatable bonds is 3. The highest BCUT2D eigenvalue weighted by Crippen LogP contribution is 2.38. The molecule has 4 aromatic heterocycles. The number of pyridine rings is 1. The van der Waals surface area contributed by atoms with Crippen LogP contribution in [0.25, 0.3) is 89.1 Å². The quantitative estimate of drug-likeness (QED) is 0.222. The van der Waals surface area contributed by atoms with Crippen molar-refractivity contribution in [1.29, 1.82) is 0 Å². The van der Waals surface area contributed by atoms with Gasteiger partial charge in [0.15, 0.2) is 23.1 Å². The Labute approximate surface area is 238 Å². The molecule has 4 heterocycles. The van der Waals surface area contributed by atoms with Crippen LogP contribution < -0.4 is 0 Å². The molecular formula is C36H20N4O2. The van der Waals surface area contributed by atoms with Gasteiger partial charge in [-0.05, 0) is 30.3 Å². The summed E-state index contributed by atoms with van der Waals surface area (Å²) in [6.45, 7) is 0. The third-order valence-electron chi connectivity index (χ3n) is 7.73. The first-order valence-corrected chi connectivity index (χ1v) is 13.7. The molecule has 0 saturated carbocycles. The Balaban J connectivity index is 1.35. The minimum Gasteiger partial charge on any atom is -0.455 e. The largest absolute Gasteiger partial charge is 0.455 e. The van der Waals surface area contributed by atoms with Crippen molar-refractivity contribution >= 4 is 54.9 Å². The highest BCUT2D eigenvalue weighted by molar-refractivity contribution is 6.12. The maximum atomic E-state index is 6.36. The number of fused-ring (bicyclic) bond motifs is 7. The summed E-state index contributed by atoms with van der Waals surface area (Å²) < 4.78 is 12.7. The van der Waals surface area contributed by atoms with E-state index in [2.05, 4.69) is 12.1 Å². The number of hydrogen-bond acceptors (Lipinski definition) is 6. The van der Waals surface area contributed by atoms with Crippen LogP contribution in [0.2, 0.25) is 0 Å². The van der Waals surface area contributed by atoms with Gasteiger partial charge in [0.25, 0.3) is 0 Å². The number of benzene rings is 5. The van der Waals surface area contributed by atoms with Crippen LogP contribution in [0.1, 0.15) is 0 Å². The summed E-state index contributed by atoms with van der Waals surface area (Å²) in [5, 5.41) is 3.97. The molecule has 42 heavy (non-hydrogen) atoms. The van der Waals surface area contributed by atoms with Gasteiger partial charge >= 0.3 is 0 Å². The van der Waals surface area contributed by atoms with Crippen LogP contribution in [0, 0.1) is 0 Å². The monoisotopic (exact) mass is 540 g/mol. The predicted octanol–water partition coefficient (Wildman–Crippen LogP) is 9.22. The summed E-state index contributed by atoms with van der Waals surface area (Å²) in [5.41, 5.74) is 7.23. The van der Waals surface area contributed by atoms with Gasteiger partial charge in [0, 0.05) is 27.3 Å². The van der Waals surface area contributed by atoms with Crippen molar-refractivity contribution in [1.82, 2.24) is 19.9 Å². The number of para-hydroxylation sites is 3. The lowest BCUT2D eigenvalue weighted by atomic mass is 10.1. The second-order valence-electron chi connectivity index (χ2n) is 10.3. The van der Waals surface area contributed by atoms with Crippen molar-refractivity contribution in [2.45, 2.75) is 0 Å². The van der Waals surface area contributed by atoms with Gasteiger partial charge < -0.3 is 8.83 Å². The molecule has 5 aromatic carbocycles. The lowest BCUT2D eigenvalue weighted by molar-refractivity contribution is 0.668. The normalized spacial score (nSPS) is 11.8. The van der Waals surface area contributed by atoms with E-state index in [1.807, 2.05) is 109 Å². The standard InChI is InChI=1S/C36H20N4O2/c1-2-10-21(11-3-1)34-38-35(40-36(39-34)26-16-8-14-24-23-13-5-7-18-28(23)42-33(24)26)25-15-9-19-29-31(25)32-30(41-29)20-22-12-4-6-17-27(22)37-32/h1-20H. The molecule has 9 aromatic rings. The molecule has 0 atom stereocenters. The van der Waals surface area contributed by atoms with Gasteiger partial charge in [0.2, 0.25) is 0 Å². The van der Waals surface area contributed by atoms with Crippen molar-refractivity contribution in [2.24, 2.45) is 0 Å². The molecule has 6 nitrogen and oxygen atoms in total. The van der Waals surface area contributed by atoms with Gasteiger partial charge in [-0.25, -0.2) is 19.9 Å². The van der Waals surface area contributed by atoms with Crippen LogP contribution in [0.3, 0.4) is 0 Å².